The van der Waals surface area contributed by atoms with E-state index in [1.54, 1.807) is 0 Å². The van der Waals surface area contributed by atoms with Crippen molar-refractivity contribution in [2.45, 2.75) is 31.8 Å². The van der Waals surface area contributed by atoms with E-state index in [-0.39, 0.29) is 28.2 Å². The molecule has 1 fully saturated rings. The van der Waals surface area contributed by atoms with Gasteiger partial charge in [-0.25, -0.2) is 0 Å². The number of amides is 1. The molecule has 1 saturated heterocycles. The number of carbonyl (C=O) groups is 1. The molecule has 2 atom stereocenters. The van der Waals surface area contributed by atoms with Gasteiger partial charge in [0.25, 0.3) is 11.6 Å². The van der Waals surface area contributed by atoms with Crippen molar-refractivity contribution in [1.29, 1.82) is 0 Å². The van der Waals surface area contributed by atoms with Crippen molar-refractivity contribution in [3.05, 3.63) is 38.9 Å². The minimum atomic E-state index is -0.540. The van der Waals surface area contributed by atoms with E-state index in [1.807, 2.05) is 0 Å². The Kier molecular flexibility index (Phi) is 4.57. The minimum absolute atomic E-state index is 0.0960. The van der Waals surface area contributed by atoms with Crippen molar-refractivity contribution < 1.29 is 9.72 Å². The van der Waals surface area contributed by atoms with Gasteiger partial charge in [-0.2, -0.15) is 0 Å². The second-order valence-electron chi connectivity index (χ2n) is 4.97. The van der Waals surface area contributed by atoms with E-state index in [0.29, 0.717) is 6.04 Å². The van der Waals surface area contributed by atoms with Crippen molar-refractivity contribution in [3.63, 3.8) is 0 Å². The summed E-state index contributed by atoms with van der Waals surface area (Å²) in [6.45, 7) is 2.93. The maximum Gasteiger partial charge on any atom is 0.270 e. The first-order valence-electron chi connectivity index (χ1n) is 6.45. The first-order valence-corrected chi connectivity index (χ1v) is 6.83. The lowest BCUT2D eigenvalue weighted by Gasteiger charge is -2.28. The normalized spacial score (nSPS) is 22.3. The number of benzene rings is 1. The average Bonchev–Trinajstić information content (AvgIpc) is 2.38. The summed E-state index contributed by atoms with van der Waals surface area (Å²) in [5.41, 5.74) is 0.144. The van der Waals surface area contributed by atoms with Crippen LogP contribution in [0, 0.1) is 10.1 Å². The summed E-state index contributed by atoms with van der Waals surface area (Å²) in [6.07, 6.45) is 1.72. The lowest BCUT2D eigenvalue weighted by molar-refractivity contribution is -0.384. The van der Waals surface area contributed by atoms with Gasteiger partial charge in [0.15, 0.2) is 0 Å². The number of halogens is 1. The van der Waals surface area contributed by atoms with E-state index in [9.17, 15) is 14.9 Å². The van der Waals surface area contributed by atoms with Crippen LogP contribution >= 0.6 is 11.6 Å². The fraction of sp³-hybridized carbons (Fsp3) is 0.462. The van der Waals surface area contributed by atoms with Gasteiger partial charge >= 0.3 is 0 Å². The quantitative estimate of drug-likeness (QED) is 0.661. The van der Waals surface area contributed by atoms with Gasteiger partial charge in [0.2, 0.25) is 0 Å². The molecule has 0 radical (unpaired) electrons. The monoisotopic (exact) mass is 297 g/mol. The third kappa shape index (κ3) is 3.46. The van der Waals surface area contributed by atoms with Crippen LogP contribution in [0.2, 0.25) is 5.02 Å². The van der Waals surface area contributed by atoms with Crippen LogP contribution in [0.5, 0.6) is 0 Å². The third-order valence-electron chi connectivity index (χ3n) is 3.37. The standard InChI is InChI=1S/C13H16ClN3O3/c1-8-6-9(4-5-15-8)16-13(18)11-3-2-10(17(19)20)7-12(11)14/h2-3,7-9,15H,4-6H2,1H3,(H,16,18). The van der Waals surface area contributed by atoms with Crippen LogP contribution in [0.4, 0.5) is 5.69 Å². The molecule has 2 unspecified atom stereocenters. The van der Waals surface area contributed by atoms with Gasteiger partial charge < -0.3 is 10.6 Å². The Labute approximate surface area is 121 Å². The number of nitro groups is 1. The zero-order valence-corrected chi connectivity index (χ0v) is 11.8. The second-order valence-corrected chi connectivity index (χ2v) is 5.38. The Hall–Kier alpha value is -1.66. The van der Waals surface area contributed by atoms with Gasteiger partial charge in [0, 0.05) is 24.2 Å². The molecule has 1 heterocycles. The Bertz CT molecular complexity index is 536. The first-order chi connectivity index (χ1) is 9.47. The van der Waals surface area contributed by atoms with Crippen molar-refractivity contribution >= 4 is 23.2 Å². The fourth-order valence-corrected chi connectivity index (χ4v) is 2.59. The van der Waals surface area contributed by atoms with Crippen molar-refractivity contribution in [2.24, 2.45) is 0 Å². The second kappa shape index (κ2) is 6.19. The van der Waals surface area contributed by atoms with Gasteiger partial charge in [-0.15, -0.1) is 0 Å². The highest BCUT2D eigenvalue weighted by Crippen LogP contribution is 2.22. The Morgan fingerprint density at radius 1 is 1.55 bits per heavy atom. The van der Waals surface area contributed by atoms with Gasteiger partial charge in [0.05, 0.1) is 15.5 Å². The molecule has 1 aromatic carbocycles. The van der Waals surface area contributed by atoms with Crippen LogP contribution in [-0.2, 0) is 0 Å². The number of non-ortho nitro benzene ring substituents is 1. The third-order valence-corrected chi connectivity index (χ3v) is 3.68. The van der Waals surface area contributed by atoms with E-state index in [1.165, 1.54) is 18.2 Å². The van der Waals surface area contributed by atoms with Gasteiger partial charge in [0.1, 0.15) is 0 Å². The molecule has 0 aromatic heterocycles. The Balaban J connectivity index is 2.07. The van der Waals surface area contributed by atoms with Crippen molar-refractivity contribution in [1.82, 2.24) is 10.6 Å². The van der Waals surface area contributed by atoms with Crippen LogP contribution in [0.15, 0.2) is 18.2 Å². The van der Waals surface area contributed by atoms with E-state index >= 15 is 0 Å². The van der Waals surface area contributed by atoms with Crippen LogP contribution in [0.1, 0.15) is 30.1 Å². The first kappa shape index (κ1) is 14.7. The molecule has 1 aliphatic heterocycles. The summed E-state index contributed by atoms with van der Waals surface area (Å²) in [5, 5.41) is 16.9. The highest BCUT2D eigenvalue weighted by molar-refractivity contribution is 6.34. The highest BCUT2D eigenvalue weighted by atomic mass is 35.5. The largest absolute Gasteiger partial charge is 0.349 e. The van der Waals surface area contributed by atoms with E-state index in [2.05, 4.69) is 17.6 Å². The molecule has 1 amide bonds. The average molecular weight is 298 g/mol. The summed E-state index contributed by atoms with van der Waals surface area (Å²) in [7, 11) is 0. The SMILES string of the molecule is CC1CC(NC(=O)c2ccc([N+](=O)[O-])cc2Cl)CCN1. The molecule has 0 bridgehead atoms. The summed E-state index contributed by atoms with van der Waals surface area (Å²) in [5.74, 6) is -0.288. The Morgan fingerprint density at radius 3 is 2.90 bits per heavy atom. The smallest absolute Gasteiger partial charge is 0.270 e. The maximum atomic E-state index is 12.1. The van der Waals surface area contributed by atoms with Crippen LogP contribution in [0.3, 0.4) is 0 Å². The zero-order chi connectivity index (χ0) is 14.7. The van der Waals surface area contributed by atoms with Crippen molar-refractivity contribution in [3.8, 4) is 0 Å². The number of rotatable bonds is 3. The number of carbonyl (C=O) groups excluding carboxylic acids is 1. The van der Waals surface area contributed by atoms with E-state index in [4.69, 9.17) is 11.6 Å². The topological polar surface area (TPSA) is 84.3 Å². The lowest BCUT2D eigenvalue weighted by atomic mass is 10.0. The molecule has 1 aliphatic rings. The number of nitrogens with zero attached hydrogens (tertiary/aromatic N) is 1. The Morgan fingerprint density at radius 2 is 2.30 bits per heavy atom. The van der Waals surface area contributed by atoms with Gasteiger partial charge in [-0.1, -0.05) is 11.6 Å². The molecule has 7 heteroatoms. The number of hydrogen-bond acceptors (Lipinski definition) is 4. The zero-order valence-electron chi connectivity index (χ0n) is 11.1. The van der Waals surface area contributed by atoms with Crippen molar-refractivity contribution in [2.75, 3.05) is 6.54 Å². The lowest BCUT2D eigenvalue weighted by Crippen LogP contribution is -2.46. The van der Waals surface area contributed by atoms with Crippen LogP contribution in [0.25, 0.3) is 0 Å². The molecule has 6 nitrogen and oxygen atoms in total. The molecule has 20 heavy (non-hydrogen) atoms. The van der Waals surface area contributed by atoms with E-state index < -0.39 is 4.92 Å². The molecule has 108 valence electrons. The molecule has 0 saturated carbocycles. The predicted octanol–water partition coefficient (Wildman–Crippen LogP) is 2.12. The molecule has 1 aromatic rings. The summed E-state index contributed by atoms with van der Waals surface area (Å²) < 4.78 is 0. The predicted molar refractivity (Wildman–Crippen MR) is 76.1 cm³/mol. The number of nitrogens with one attached hydrogen (secondary N) is 2. The van der Waals surface area contributed by atoms with Gasteiger partial charge in [-0.3, -0.25) is 14.9 Å². The van der Waals surface area contributed by atoms with Crippen LogP contribution in [-0.4, -0.2) is 29.5 Å². The van der Waals surface area contributed by atoms with Crippen LogP contribution < -0.4 is 10.6 Å². The molecule has 2 N–H and O–H groups in total. The number of nitro benzene ring substituents is 1. The molecule has 0 spiro atoms. The summed E-state index contributed by atoms with van der Waals surface area (Å²) >= 11 is 5.94. The fourth-order valence-electron chi connectivity index (χ4n) is 2.33. The molecular formula is C13H16ClN3O3. The summed E-state index contributed by atoms with van der Waals surface area (Å²) in [6, 6.07) is 4.33. The molecule has 2 rings (SSSR count). The number of piperidine rings is 1. The van der Waals surface area contributed by atoms with E-state index in [0.717, 1.165) is 19.4 Å². The molecular weight excluding hydrogens is 282 g/mol. The molecule has 0 aliphatic carbocycles. The maximum absolute atomic E-state index is 12.1. The van der Waals surface area contributed by atoms with Gasteiger partial charge in [-0.05, 0) is 32.4 Å². The summed E-state index contributed by atoms with van der Waals surface area (Å²) in [4.78, 5) is 22.2. The highest BCUT2D eigenvalue weighted by Gasteiger charge is 2.22. The minimum Gasteiger partial charge on any atom is -0.349 e. The number of hydrogen-bond donors (Lipinski definition) is 2.